The number of sulfonamides is 1. The SMILES string of the molecule is Cc1sc(-c2ccco2)nc1C(=O)NCCNS(=O)(=O)c1cccc(Cl)c1. The highest BCUT2D eigenvalue weighted by Crippen LogP contribution is 2.27. The number of thiazole rings is 1. The van der Waals surface area contributed by atoms with E-state index in [0.29, 0.717) is 21.5 Å². The maximum absolute atomic E-state index is 12.3. The number of aromatic nitrogens is 1. The zero-order valence-electron chi connectivity index (χ0n) is 14.2. The van der Waals surface area contributed by atoms with Crippen LogP contribution in [0.15, 0.2) is 52.0 Å². The summed E-state index contributed by atoms with van der Waals surface area (Å²) in [5, 5.41) is 3.60. The molecule has 2 N–H and O–H groups in total. The van der Waals surface area contributed by atoms with Gasteiger partial charge in [0, 0.05) is 23.0 Å². The molecule has 3 aromatic rings. The Hall–Kier alpha value is -2.20. The average molecular weight is 426 g/mol. The normalized spacial score (nSPS) is 11.5. The van der Waals surface area contributed by atoms with Gasteiger partial charge in [-0.3, -0.25) is 4.79 Å². The van der Waals surface area contributed by atoms with Gasteiger partial charge in [0.2, 0.25) is 10.0 Å². The van der Waals surface area contributed by atoms with E-state index in [4.69, 9.17) is 16.0 Å². The quantitative estimate of drug-likeness (QED) is 0.566. The number of rotatable bonds is 7. The first kappa shape index (κ1) is 19.6. The van der Waals surface area contributed by atoms with Crippen molar-refractivity contribution in [1.82, 2.24) is 15.0 Å². The molecule has 142 valence electrons. The minimum absolute atomic E-state index is 0.0365. The van der Waals surface area contributed by atoms with Crippen molar-refractivity contribution < 1.29 is 17.6 Å². The summed E-state index contributed by atoms with van der Waals surface area (Å²) in [5.74, 6) is 0.222. The number of halogens is 1. The van der Waals surface area contributed by atoms with Crippen molar-refractivity contribution in [3.63, 3.8) is 0 Å². The van der Waals surface area contributed by atoms with Crippen LogP contribution in [0.25, 0.3) is 10.8 Å². The lowest BCUT2D eigenvalue weighted by atomic mass is 10.3. The number of benzene rings is 1. The van der Waals surface area contributed by atoms with E-state index in [1.165, 1.54) is 29.7 Å². The van der Waals surface area contributed by atoms with Crippen LogP contribution in [-0.4, -0.2) is 32.4 Å². The molecule has 0 spiro atoms. The number of nitrogens with zero attached hydrogens (tertiary/aromatic N) is 1. The van der Waals surface area contributed by atoms with Gasteiger partial charge in [0.25, 0.3) is 5.91 Å². The minimum Gasteiger partial charge on any atom is -0.462 e. The fourth-order valence-corrected chi connectivity index (χ4v) is 4.49. The van der Waals surface area contributed by atoms with Gasteiger partial charge in [0.15, 0.2) is 10.8 Å². The fourth-order valence-electron chi connectivity index (χ4n) is 2.28. The van der Waals surface area contributed by atoms with Gasteiger partial charge in [-0.1, -0.05) is 17.7 Å². The number of aryl methyl sites for hydroxylation is 1. The first-order chi connectivity index (χ1) is 12.9. The number of carbonyl (C=O) groups excluding carboxylic acids is 1. The molecular weight excluding hydrogens is 410 g/mol. The van der Waals surface area contributed by atoms with Crippen molar-refractivity contribution in [3.05, 3.63) is 58.3 Å². The van der Waals surface area contributed by atoms with Crippen LogP contribution < -0.4 is 10.0 Å². The Morgan fingerprint density at radius 3 is 2.78 bits per heavy atom. The molecule has 0 aliphatic rings. The van der Waals surface area contributed by atoms with Crippen molar-refractivity contribution >= 4 is 38.9 Å². The van der Waals surface area contributed by atoms with Crippen molar-refractivity contribution in [2.45, 2.75) is 11.8 Å². The third kappa shape index (κ3) is 4.75. The van der Waals surface area contributed by atoms with E-state index in [9.17, 15) is 13.2 Å². The Kier molecular flexibility index (Phi) is 5.95. The maximum atomic E-state index is 12.3. The van der Waals surface area contributed by atoms with E-state index >= 15 is 0 Å². The van der Waals surface area contributed by atoms with E-state index in [2.05, 4.69) is 15.0 Å². The number of carbonyl (C=O) groups is 1. The molecule has 0 fully saturated rings. The van der Waals surface area contributed by atoms with E-state index in [-0.39, 0.29) is 23.9 Å². The van der Waals surface area contributed by atoms with Crippen LogP contribution in [0.1, 0.15) is 15.4 Å². The molecule has 2 heterocycles. The standard InChI is InChI=1S/C17H16ClN3O4S2/c1-11-15(21-17(26-11)14-6-3-9-25-14)16(22)19-7-8-20-27(23,24)13-5-2-4-12(18)10-13/h2-6,9-10,20H,7-8H2,1H3,(H,19,22). The lowest BCUT2D eigenvalue weighted by Gasteiger charge is -2.08. The van der Waals surface area contributed by atoms with Crippen LogP contribution in [0, 0.1) is 6.92 Å². The van der Waals surface area contributed by atoms with Crippen molar-refractivity contribution in [3.8, 4) is 10.8 Å². The van der Waals surface area contributed by atoms with Crippen LogP contribution in [0.5, 0.6) is 0 Å². The van der Waals surface area contributed by atoms with Crippen molar-refractivity contribution in [2.24, 2.45) is 0 Å². The molecule has 0 atom stereocenters. The molecule has 27 heavy (non-hydrogen) atoms. The summed E-state index contributed by atoms with van der Waals surface area (Å²) in [7, 11) is -3.69. The van der Waals surface area contributed by atoms with Gasteiger partial charge in [-0.2, -0.15) is 0 Å². The predicted molar refractivity (Wildman–Crippen MR) is 104 cm³/mol. The van der Waals surface area contributed by atoms with Crippen molar-refractivity contribution in [1.29, 1.82) is 0 Å². The van der Waals surface area contributed by atoms with Gasteiger partial charge >= 0.3 is 0 Å². The molecular formula is C17H16ClN3O4S2. The first-order valence-electron chi connectivity index (χ1n) is 7.91. The zero-order chi connectivity index (χ0) is 19.4. The van der Waals surface area contributed by atoms with E-state index in [0.717, 1.165) is 4.88 Å². The second kappa shape index (κ2) is 8.22. The maximum Gasteiger partial charge on any atom is 0.271 e. The van der Waals surface area contributed by atoms with Gasteiger partial charge in [0.05, 0.1) is 11.2 Å². The topological polar surface area (TPSA) is 101 Å². The Labute approximate surface area is 165 Å². The fraction of sp³-hybridized carbons (Fsp3) is 0.176. The summed E-state index contributed by atoms with van der Waals surface area (Å²) in [6.07, 6.45) is 1.54. The second-order valence-corrected chi connectivity index (χ2v) is 8.92. The van der Waals surface area contributed by atoms with Gasteiger partial charge in [-0.15, -0.1) is 11.3 Å². The van der Waals surface area contributed by atoms with Crippen LogP contribution in [0.2, 0.25) is 5.02 Å². The molecule has 1 aromatic carbocycles. The third-order valence-electron chi connectivity index (χ3n) is 3.55. The summed E-state index contributed by atoms with van der Waals surface area (Å²) in [6, 6.07) is 9.47. The van der Waals surface area contributed by atoms with Crippen LogP contribution in [0.4, 0.5) is 0 Å². The highest BCUT2D eigenvalue weighted by molar-refractivity contribution is 7.89. The number of nitrogens with one attached hydrogen (secondary N) is 2. The molecule has 0 saturated heterocycles. The lowest BCUT2D eigenvalue weighted by Crippen LogP contribution is -2.35. The Morgan fingerprint density at radius 1 is 1.26 bits per heavy atom. The molecule has 0 unspecified atom stereocenters. The molecule has 2 aromatic heterocycles. The number of hydrogen-bond acceptors (Lipinski definition) is 6. The number of hydrogen-bond donors (Lipinski definition) is 2. The monoisotopic (exact) mass is 425 g/mol. The Morgan fingerprint density at radius 2 is 2.07 bits per heavy atom. The molecule has 0 saturated carbocycles. The lowest BCUT2D eigenvalue weighted by molar-refractivity contribution is 0.0949. The summed E-state index contributed by atoms with van der Waals surface area (Å²) in [5.41, 5.74) is 0.295. The molecule has 0 radical (unpaired) electrons. The zero-order valence-corrected chi connectivity index (χ0v) is 16.6. The minimum atomic E-state index is -3.69. The first-order valence-corrected chi connectivity index (χ1v) is 10.6. The number of amides is 1. The van der Waals surface area contributed by atoms with Gasteiger partial charge in [0.1, 0.15) is 5.69 Å². The Balaban J connectivity index is 1.56. The molecule has 7 nitrogen and oxygen atoms in total. The van der Waals surface area contributed by atoms with Crippen molar-refractivity contribution in [2.75, 3.05) is 13.1 Å². The smallest absolute Gasteiger partial charge is 0.271 e. The van der Waals surface area contributed by atoms with Crippen LogP contribution in [-0.2, 0) is 10.0 Å². The third-order valence-corrected chi connectivity index (χ3v) is 6.23. The average Bonchev–Trinajstić information content (AvgIpc) is 3.28. The largest absolute Gasteiger partial charge is 0.462 e. The highest BCUT2D eigenvalue weighted by atomic mass is 35.5. The molecule has 0 bridgehead atoms. The second-order valence-electron chi connectivity index (χ2n) is 5.51. The molecule has 10 heteroatoms. The highest BCUT2D eigenvalue weighted by Gasteiger charge is 2.18. The summed E-state index contributed by atoms with van der Waals surface area (Å²) in [4.78, 5) is 17.4. The van der Waals surface area contributed by atoms with E-state index < -0.39 is 10.0 Å². The molecule has 3 rings (SSSR count). The molecule has 0 aliphatic heterocycles. The van der Waals surface area contributed by atoms with Gasteiger partial charge in [-0.05, 0) is 37.3 Å². The van der Waals surface area contributed by atoms with E-state index in [1.54, 1.807) is 31.2 Å². The van der Waals surface area contributed by atoms with Gasteiger partial charge in [-0.25, -0.2) is 18.1 Å². The summed E-state index contributed by atoms with van der Waals surface area (Å²) < 4.78 is 32.1. The van der Waals surface area contributed by atoms with Crippen LogP contribution >= 0.6 is 22.9 Å². The Bertz CT molecular complexity index is 1050. The molecule has 0 aliphatic carbocycles. The predicted octanol–water partition coefficient (Wildman–Crippen LogP) is 3.07. The van der Waals surface area contributed by atoms with Crippen LogP contribution in [0.3, 0.4) is 0 Å². The summed E-state index contributed by atoms with van der Waals surface area (Å²) >= 11 is 7.17. The molecule has 1 amide bonds. The van der Waals surface area contributed by atoms with E-state index in [1.807, 2.05) is 0 Å². The summed E-state index contributed by atoms with van der Waals surface area (Å²) in [6.45, 7) is 1.95. The van der Waals surface area contributed by atoms with Gasteiger partial charge < -0.3 is 9.73 Å². The number of furan rings is 1.